The van der Waals surface area contributed by atoms with Crippen LogP contribution in [-0.2, 0) is 16.0 Å². The first-order chi connectivity index (χ1) is 9.47. The van der Waals surface area contributed by atoms with Crippen LogP contribution in [-0.4, -0.2) is 24.7 Å². The van der Waals surface area contributed by atoms with E-state index in [-0.39, 0.29) is 11.6 Å². The summed E-state index contributed by atoms with van der Waals surface area (Å²) in [6.45, 7) is 6.32. The number of ether oxygens (including phenoxy) is 1. The molecule has 0 bridgehead atoms. The van der Waals surface area contributed by atoms with Gasteiger partial charge in [-0.25, -0.2) is 0 Å². The minimum absolute atomic E-state index is 0.160. The monoisotopic (exact) mass is 296 g/mol. The molecule has 1 saturated heterocycles. The second-order valence-corrected chi connectivity index (χ2v) is 6.46. The Morgan fingerprint density at radius 3 is 2.50 bits per heavy atom. The van der Waals surface area contributed by atoms with E-state index in [1.54, 1.807) is 12.1 Å². The van der Waals surface area contributed by atoms with Crippen molar-refractivity contribution in [2.24, 2.45) is 5.92 Å². The number of benzene rings is 1. The van der Waals surface area contributed by atoms with Gasteiger partial charge in [-0.3, -0.25) is 4.79 Å². The number of carbonyl (C=O) groups excluding carboxylic acids is 1. The van der Waals surface area contributed by atoms with Crippen molar-refractivity contribution in [2.45, 2.75) is 38.7 Å². The molecule has 0 aliphatic carbocycles. The second-order valence-electron chi connectivity index (χ2n) is 6.02. The lowest BCUT2D eigenvalue weighted by atomic mass is 9.83. The molecule has 0 amide bonds. The van der Waals surface area contributed by atoms with Gasteiger partial charge in [0.05, 0.1) is 19.5 Å². The quantitative estimate of drug-likeness (QED) is 0.866. The highest BCUT2D eigenvalue weighted by atomic mass is 35.5. The summed E-state index contributed by atoms with van der Waals surface area (Å²) in [7, 11) is 0. The molecule has 1 aromatic carbocycles. The van der Waals surface area contributed by atoms with Crippen molar-refractivity contribution in [3.8, 4) is 0 Å². The van der Waals surface area contributed by atoms with E-state index in [2.05, 4.69) is 5.32 Å². The lowest BCUT2D eigenvalue weighted by Crippen LogP contribution is -2.86. The summed E-state index contributed by atoms with van der Waals surface area (Å²) < 4.78 is 5.73. The Balaban J connectivity index is 1.90. The molecule has 0 aromatic heterocycles. The molecule has 0 unspecified atom stereocenters. The highest BCUT2D eigenvalue weighted by molar-refractivity contribution is 6.30. The van der Waals surface area contributed by atoms with Gasteiger partial charge >= 0.3 is 5.97 Å². The number of rotatable bonds is 4. The van der Waals surface area contributed by atoms with Crippen molar-refractivity contribution in [3.63, 3.8) is 0 Å². The summed E-state index contributed by atoms with van der Waals surface area (Å²) in [5.74, 6) is 0.300. The minimum atomic E-state index is -0.377. The van der Waals surface area contributed by atoms with Crippen LogP contribution in [0.15, 0.2) is 24.3 Å². The average Bonchev–Trinajstić information content (AvgIpc) is 2.42. The van der Waals surface area contributed by atoms with E-state index in [9.17, 15) is 4.79 Å². The maximum Gasteiger partial charge on any atom is 0.310 e. The second kappa shape index (κ2) is 6.59. The van der Waals surface area contributed by atoms with Crippen LogP contribution < -0.4 is 5.32 Å². The van der Waals surface area contributed by atoms with E-state index in [1.165, 1.54) is 0 Å². The Morgan fingerprint density at radius 1 is 1.30 bits per heavy atom. The number of hydrogen-bond donors (Lipinski definition) is 1. The molecule has 1 heterocycles. The first-order valence-corrected chi connectivity index (χ1v) is 7.63. The molecule has 0 atom stereocenters. The minimum Gasteiger partial charge on any atom is -0.459 e. The van der Waals surface area contributed by atoms with E-state index in [1.807, 2.05) is 26.0 Å². The summed E-state index contributed by atoms with van der Waals surface area (Å²) in [6.07, 6.45) is 2.53. The summed E-state index contributed by atoms with van der Waals surface area (Å²) in [4.78, 5) is 12.1. The number of nitrogens with two attached hydrogens (primary N) is 1. The molecule has 1 fully saturated rings. The fourth-order valence-corrected chi connectivity index (χ4v) is 2.93. The van der Waals surface area contributed by atoms with Crippen molar-refractivity contribution in [1.82, 2.24) is 0 Å². The number of piperidine rings is 1. The zero-order valence-electron chi connectivity index (χ0n) is 12.2. The van der Waals surface area contributed by atoms with Crippen LogP contribution in [0.5, 0.6) is 0 Å². The fourth-order valence-electron chi connectivity index (χ4n) is 2.80. The molecule has 3 nitrogen and oxygen atoms in total. The number of halogens is 1. The summed E-state index contributed by atoms with van der Waals surface area (Å²) in [6, 6.07) is 7.33. The highest BCUT2D eigenvalue weighted by Crippen LogP contribution is 2.28. The predicted molar refractivity (Wildman–Crippen MR) is 79.7 cm³/mol. The SMILES string of the molecule is CC(C)(OC(=O)Cc1ccc(Cl)cc1)C1CC[NH2+]CC1. The molecule has 20 heavy (non-hydrogen) atoms. The molecule has 1 aromatic rings. The third-order valence-corrected chi connectivity index (χ3v) is 4.31. The topological polar surface area (TPSA) is 42.9 Å². The van der Waals surface area contributed by atoms with Gasteiger partial charge < -0.3 is 10.1 Å². The smallest absolute Gasteiger partial charge is 0.310 e. The highest BCUT2D eigenvalue weighted by Gasteiger charge is 2.35. The lowest BCUT2D eigenvalue weighted by Gasteiger charge is -2.35. The van der Waals surface area contributed by atoms with E-state index in [4.69, 9.17) is 16.3 Å². The molecule has 4 heteroatoms. The number of esters is 1. The van der Waals surface area contributed by atoms with E-state index < -0.39 is 0 Å². The first kappa shape index (κ1) is 15.3. The fraction of sp³-hybridized carbons (Fsp3) is 0.562. The van der Waals surface area contributed by atoms with Gasteiger partial charge in [0.25, 0.3) is 0 Å². The normalized spacial score (nSPS) is 16.9. The molecule has 1 aliphatic heterocycles. The van der Waals surface area contributed by atoms with Crippen LogP contribution in [0.1, 0.15) is 32.3 Å². The van der Waals surface area contributed by atoms with Gasteiger partial charge in [0.1, 0.15) is 5.60 Å². The Labute approximate surface area is 125 Å². The van der Waals surface area contributed by atoms with E-state index in [0.717, 1.165) is 31.5 Å². The van der Waals surface area contributed by atoms with Crippen molar-refractivity contribution < 1.29 is 14.8 Å². The van der Waals surface area contributed by atoms with Crippen LogP contribution in [0.25, 0.3) is 0 Å². The molecule has 0 saturated carbocycles. The third-order valence-electron chi connectivity index (χ3n) is 4.06. The maximum absolute atomic E-state index is 12.1. The van der Waals surface area contributed by atoms with Gasteiger partial charge in [0.2, 0.25) is 0 Å². The Morgan fingerprint density at radius 2 is 1.90 bits per heavy atom. The molecule has 110 valence electrons. The number of hydrogen-bond acceptors (Lipinski definition) is 2. The number of carbonyl (C=O) groups is 1. The summed E-state index contributed by atoms with van der Waals surface area (Å²) in [5.41, 5.74) is 0.560. The van der Waals surface area contributed by atoms with Gasteiger partial charge in [-0.05, 0) is 31.5 Å². The molecule has 0 spiro atoms. The van der Waals surface area contributed by atoms with Crippen molar-refractivity contribution in [3.05, 3.63) is 34.9 Å². The Kier molecular flexibility index (Phi) is 5.06. The molecular weight excluding hydrogens is 274 g/mol. The van der Waals surface area contributed by atoms with Crippen molar-refractivity contribution >= 4 is 17.6 Å². The zero-order valence-corrected chi connectivity index (χ0v) is 13.0. The first-order valence-electron chi connectivity index (χ1n) is 7.25. The van der Waals surface area contributed by atoms with Gasteiger partial charge in [0.15, 0.2) is 0 Å². The summed E-state index contributed by atoms with van der Waals surface area (Å²) in [5, 5.41) is 3.00. The largest absolute Gasteiger partial charge is 0.459 e. The zero-order chi connectivity index (χ0) is 14.6. The maximum atomic E-state index is 12.1. The Hall–Kier alpha value is -1.06. The molecule has 0 radical (unpaired) electrons. The predicted octanol–water partition coefficient (Wildman–Crippen LogP) is 2.18. The average molecular weight is 297 g/mol. The molecule has 2 rings (SSSR count). The number of quaternary nitrogens is 1. The van der Waals surface area contributed by atoms with Gasteiger partial charge in [-0.15, -0.1) is 0 Å². The molecule has 2 N–H and O–H groups in total. The van der Waals surface area contributed by atoms with Crippen molar-refractivity contribution in [1.29, 1.82) is 0 Å². The van der Waals surface area contributed by atoms with Crippen LogP contribution in [0.4, 0.5) is 0 Å². The van der Waals surface area contributed by atoms with Crippen LogP contribution in [0.2, 0.25) is 5.02 Å². The van der Waals surface area contributed by atoms with Gasteiger partial charge in [-0.1, -0.05) is 23.7 Å². The summed E-state index contributed by atoms with van der Waals surface area (Å²) >= 11 is 5.84. The molecular formula is C16H23ClNO2+. The van der Waals surface area contributed by atoms with Gasteiger partial charge in [0, 0.05) is 23.8 Å². The third kappa shape index (κ3) is 4.22. The van der Waals surface area contributed by atoms with Crippen LogP contribution in [0.3, 0.4) is 0 Å². The Bertz CT molecular complexity index is 450. The van der Waals surface area contributed by atoms with Crippen molar-refractivity contribution in [2.75, 3.05) is 13.1 Å². The van der Waals surface area contributed by atoms with E-state index in [0.29, 0.717) is 17.4 Å². The van der Waals surface area contributed by atoms with Crippen LogP contribution in [0, 0.1) is 5.92 Å². The van der Waals surface area contributed by atoms with E-state index >= 15 is 0 Å². The standard InChI is InChI=1S/C16H22ClNO2/c1-16(2,13-7-9-18-10-8-13)20-15(19)11-12-3-5-14(17)6-4-12/h3-6,13,18H,7-11H2,1-2H3/p+1. The molecule has 1 aliphatic rings. The van der Waals surface area contributed by atoms with Gasteiger partial charge in [-0.2, -0.15) is 0 Å². The van der Waals surface area contributed by atoms with Crippen LogP contribution >= 0.6 is 11.6 Å². The lowest BCUT2D eigenvalue weighted by molar-refractivity contribution is -0.665.